The van der Waals surface area contributed by atoms with Gasteiger partial charge >= 0.3 is 0 Å². The summed E-state index contributed by atoms with van der Waals surface area (Å²) in [5, 5.41) is 2.37. The lowest BCUT2D eigenvalue weighted by Crippen LogP contribution is -1.89. The van der Waals surface area contributed by atoms with Crippen molar-refractivity contribution in [3.63, 3.8) is 0 Å². The smallest absolute Gasteiger partial charge is 0.119 e. The van der Waals surface area contributed by atoms with Crippen molar-refractivity contribution in [2.45, 2.75) is 6.92 Å². The molecule has 0 bridgehead atoms. The van der Waals surface area contributed by atoms with E-state index < -0.39 is 0 Å². The van der Waals surface area contributed by atoms with Crippen molar-refractivity contribution in [2.24, 2.45) is 0 Å². The lowest BCUT2D eigenvalue weighted by Gasteiger charge is -2.09. The van der Waals surface area contributed by atoms with Gasteiger partial charge in [-0.05, 0) is 64.7 Å². The number of aryl methyl sites for hydroxylation is 1. The molecule has 0 aromatic heterocycles. The minimum absolute atomic E-state index is 0.792. The molecule has 3 aromatic rings. The van der Waals surface area contributed by atoms with Crippen LogP contribution >= 0.6 is 0 Å². The van der Waals surface area contributed by atoms with Crippen molar-refractivity contribution in [2.75, 3.05) is 12.8 Å². The summed E-state index contributed by atoms with van der Waals surface area (Å²) in [5.74, 6) is 0.880. The molecule has 20 heavy (non-hydrogen) atoms. The van der Waals surface area contributed by atoms with Gasteiger partial charge in [-0.25, -0.2) is 0 Å². The number of ether oxygens (including phenoxy) is 1. The fourth-order valence-corrected chi connectivity index (χ4v) is 2.47. The van der Waals surface area contributed by atoms with Crippen LogP contribution < -0.4 is 10.5 Å². The molecule has 0 spiro atoms. The molecule has 0 heterocycles. The first kappa shape index (κ1) is 12.5. The maximum absolute atomic E-state index is 5.90. The topological polar surface area (TPSA) is 35.2 Å². The largest absolute Gasteiger partial charge is 0.497 e. The Balaban J connectivity index is 2.15. The quantitative estimate of drug-likeness (QED) is 0.695. The zero-order valence-electron chi connectivity index (χ0n) is 11.7. The van der Waals surface area contributed by atoms with Gasteiger partial charge in [0.05, 0.1) is 7.11 Å². The summed E-state index contributed by atoms with van der Waals surface area (Å²) >= 11 is 0. The van der Waals surface area contributed by atoms with Crippen LogP contribution in [0.15, 0.2) is 54.6 Å². The van der Waals surface area contributed by atoms with Crippen molar-refractivity contribution < 1.29 is 4.74 Å². The molecule has 0 unspecified atom stereocenters. The Morgan fingerprint density at radius 3 is 2.40 bits per heavy atom. The van der Waals surface area contributed by atoms with E-state index >= 15 is 0 Å². The van der Waals surface area contributed by atoms with E-state index in [0.717, 1.165) is 11.4 Å². The van der Waals surface area contributed by atoms with E-state index in [1.165, 1.54) is 27.5 Å². The molecule has 2 N–H and O–H groups in total. The number of fused-ring (bicyclic) bond motifs is 1. The SMILES string of the molecule is COc1ccc2cc(-c3cc(N)ccc3C)ccc2c1. The van der Waals surface area contributed by atoms with Gasteiger partial charge in [0.15, 0.2) is 0 Å². The molecular weight excluding hydrogens is 246 g/mol. The minimum Gasteiger partial charge on any atom is -0.497 e. The lowest BCUT2D eigenvalue weighted by molar-refractivity contribution is 0.415. The zero-order chi connectivity index (χ0) is 14.1. The molecule has 0 radical (unpaired) electrons. The summed E-state index contributed by atoms with van der Waals surface area (Å²) in [6.45, 7) is 2.10. The summed E-state index contributed by atoms with van der Waals surface area (Å²) < 4.78 is 5.26. The summed E-state index contributed by atoms with van der Waals surface area (Å²) in [7, 11) is 1.69. The van der Waals surface area contributed by atoms with Gasteiger partial charge in [-0.2, -0.15) is 0 Å². The third-order valence-corrected chi connectivity index (χ3v) is 3.62. The molecule has 0 fully saturated rings. The molecule has 0 saturated heterocycles. The van der Waals surface area contributed by atoms with E-state index in [-0.39, 0.29) is 0 Å². The van der Waals surface area contributed by atoms with Gasteiger partial charge in [0.2, 0.25) is 0 Å². The number of hydrogen-bond acceptors (Lipinski definition) is 2. The molecule has 0 atom stereocenters. The van der Waals surface area contributed by atoms with Crippen molar-refractivity contribution >= 4 is 16.5 Å². The zero-order valence-corrected chi connectivity index (χ0v) is 11.7. The Bertz CT molecular complexity index is 777. The normalized spacial score (nSPS) is 10.7. The summed E-state index contributed by atoms with van der Waals surface area (Å²) in [6.07, 6.45) is 0. The van der Waals surface area contributed by atoms with E-state index in [0.29, 0.717) is 0 Å². The van der Waals surface area contributed by atoms with E-state index in [4.69, 9.17) is 10.5 Å². The van der Waals surface area contributed by atoms with E-state index in [9.17, 15) is 0 Å². The first-order valence-electron chi connectivity index (χ1n) is 6.62. The van der Waals surface area contributed by atoms with Crippen LogP contribution in [-0.2, 0) is 0 Å². The number of benzene rings is 3. The van der Waals surface area contributed by atoms with Crippen LogP contribution in [0.25, 0.3) is 21.9 Å². The Morgan fingerprint density at radius 2 is 1.60 bits per heavy atom. The fourth-order valence-electron chi connectivity index (χ4n) is 2.47. The minimum atomic E-state index is 0.792. The van der Waals surface area contributed by atoms with Crippen molar-refractivity contribution in [1.29, 1.82) is 0 Å². The van der Waals surface area contributed by atoms with Gasteiger partial charge in [-0.15, -0.1) is 0 Å². The fraction of sp³-hybridized carbons (Fsp3) is 0.111. The molecular formula is C18H17NO. The van der Waals surface area contributed by atoms with Crippen LogP contribution in [0.2, 0.25) is 0 Å². The van der Waals surface area contributed by atoms with Crippen LogP contribution in [0.5, 0.6) is 5.75 Å². The third-order valence-electron chi connectivity index (χ3n) is 3.62. The summed E-state index contributed by atoms with van der Waals surface area (Å²) in [5.41, 5.74) is 10.3. The Kier molecular flexibility index (Phi) is 3.07. The average Bonchev–Trinajstić information content (AvgIpc) is 2.48. The third kappa shape index (κ3) is 2.21. The first-order chi connectivity index (χ1) is 9.67. The van der Waals surface area contributed by atoms with Gasteiger partial charge in [0.1, 0.15) is 5.75 Å². The van der Waals surface area contributed by atoms with Gasteiger partial charge in [0, 0.05) is 5.69 Å². The predicted molar refractivity (Wildman–Crippen MR) is 85.1 cm³/mol. The number of rotatable bonds is 2. The Morgan fingerprint density at radius 1 is 0.850 bits per heavy atom. The second-order valence-corrected chi connectivity index (χ2v) is 5.00. The first-order valence-corrected chi connectivity index (χ1v) is 6.62. The highest BCUT2D eigenvalue weighted by Gasteiger charge is 2.04. The second kappa shape index (κ2) is 4.89. The molecule has 3 rings (SSSR count). The molecule has 2 heteroatoms. The highest BCUT2D eigenvalue weighted by molar-refractivity contribution is 5.89. The van der Waals surface area contributed by atoms with E-state index in [2.05, 4.69) is 37.3 Å². The molecule has 0 amide bonds. The Hall–Kier alpha value is -2.48. The standard InChI is InChI=1S/C18H17NO/c1-12-3-7-16(19)11-18(12)15-5-4-14-10-17(20-2)8-6-13(14)9-15/h3-11H,19H2,1-2H3. The highest BCUT2D eigenvalue weighted by atomic mass is 16.5. The molecule has 3 aromatic carbocycles. The van der Waals surface area contributed by atoms with Crippen LogP contribution in [-0.4, -0.2) is 7.11 Å². The van der Waals surface area contributed by atoms with Gasteiger partial charge < -0.3 is 10.5 Å². The number of anilines is 1. The van der Waals surface area contributed by atoms with Crippen molar-refractivity contribution in [3.05, 3.63) is 60.2 Å². The number of nitrogen functional groups attached to an aromatic ring is 1. The lowest BCUT2D eigenvalue weighted by atomic mass is 9.97. The monoisotopic (exact) mass is 263 g/mol. The van der Waals surface area contributed by atoms with Crippen molar-refractivity contribution in [1.82, 2.24) is 0 Å². The van der Waals surface area contributed by atoms with Gasteiger partial charge in [-0.1, -0.05) is 24.3 Å². The molecule has 0 saturated carbocycles. The van der Waals surface area contributed by atoms with Gasteiger partial charge in [-0.3, -0.25) is 0 Å². The molecule has 0 aliphatic rings. The molecule has 0 aliphatic carbocycles. The second-order valence-electron chi connectivity index (χ2n) is 5.00. The summed E-state index contributed by atoms with van der Waals surface area (Å²) in [4.78, 5) is 0. The van der Waals surface area contributed by atoms with Crippen LogP contribution in [0.3, 0.4) is 0 Å². The van der Waals surface area contributed by atoms with Crippen LogP contribution in [0.1, 0.15) is 5.56 Å². The average molecular weight is 263 g/mol. The molecule has 100 valence electrons. The molecule has 0 aliphatic heterocycles. The summed E-state index contributed by atoms with van der Waals surface area (Å²) in [6, 6.07) is 18.6. The number of hydrogen-bond donors (Lipinski definition) is 1. The maximum atomic E-state index is 5.90. The maximum Gasteiger partial charge on any atom is 0.119 e. The van der Waals surface area contributed by atoms with Gasteiger partial charge in [0.25, 0.3) is 0 Å². The van der Waals surface area contributed by atoms with Crippen LogP contribution in [0.4, 0.5) is 5.69 Å². The highest BCUT2D eigenvalue weighted by Crippen LogP contribution is 2.30. The Labute approximate surface area is 118 Å². The number of nitrogens with two attached hydrogens (primary N) is 1. The van der Waals surface area contributed by atoms with Crippen LogP contribution in [0, 0.1) is 6.92 Å². The van der Waals surface area contributed by atoms with Crippen molar-refractivity contribution in [3.8, 4) is 16.9 Å². The number of methoxy groups -OCH3 is 1. The van der Waals surface area contributed by atoms with E-state index in [1.807, 2.05) is 24.3 Å². The molecule has 2 nitrogen and oxygen atoms in total. The van der Waals surface area contributed by atoms with E-state index in [1.54, 1.807) is 7.11 Å². The predicted octanol–water partition coefficient (Wildman–Crippen LogP) is 4.41.